The van der Waals surface area contributed by atoms with Crippen LogP contribution in [0.2, 0.25) is 0 Å². The summed E-state index contributed by atoms with van der Waals surface area (Å²) in [5, 5.41) is 0. The maximum absolute atomic E-state index is 2.53. The Balaban J connectivity index is 0.000000238. The van der Waals surface area contributed by atoms with Gasteiger partial charge in [-0.1, -0.05) is 278 Å². The van der Waals surface area contributed by atoms with Gasteiger partial charge in [-0.3, -0.25) is 0 Å². The quantitative estimate of drug-likeness (QED) is 0.122. The lowest BCUT2D eigenvalue weighted by Crippen LogP contribution is -2.17. The Morgan fingerprint density at radius 3 is 0.989 bits per heavy atom. The van der Waals surface area contributed by atoms with Gasteiger partial charge in [0.05, 0.1) is 0 Å². The van der Waals surface area contributed by atoms with Gasteiger partial charge in [0.25, 0.3) is 0 Å². The summed E-state index contributed by atoms with van der Waals surface area (Å²) >= 11 is 0. The standard InChI is InChI=1S/C64H56.C7H12.3C7H10/c1-37-11-19-41(20-12-37)43-23-27-47-51-35-57-49(33-59(51)63(7,8)55(47)31-43)45-25-17-39(29-53(45)61(57,3)4)15-16-40-18-26-46-50-34-60-52(36-58(50)62(5,6)54(46)30-40)48-28-24-44(32-56(48)64(60,9)10)42-21-13-38(2)14-22-42;4*1-7-5-3-2-4-6-7/h11-36H,1-10H3;2-3,7H,4-6H2,1H3;2*3,5-6H,2,4H2,1H3;2-3,5H,4,6H2,1H3/b16-15+;;;;. The molecule has 0 bridgehead atoms. The Labute approximate surface area is 553 Å². The summed E-state index contributed by atoms with van der Waals surface area (Å²) in [5.41, 5.74) is 36.6. The molecule has 0 nitrogen and oxygen atoms in total. The van der Waals surface area contributed by atoms with E-state index in [1.165, 1.54) is 208 Å². The Hall–Kier alpha value is -8.32. The van der Waals surface area contributed by atoms with Crippen molar-refractivity contribution in [3.63, 3.8) is 0 Å². The lowest BCUT2D eigenvalue weighted by Gasteiger charge is -2.24. The van der Waals surface area contributed by atoms with Crippen LogP contribution in [0.4, 0.5) is 0 Å². The molecule has 8 aromatic carbocycles. The normalized spacial score (nSPS) is 18.4. The maximum atomic E-state index is 2.53. The van der Waals surface area contributed by atoms with Gasteiger partial charge in [-0.05, 0) is 257 Å². The zero-order valence-electron chi connectivity index (χ0n) is 57.8. The monoisotopic (exact) mass is 1200 g/mol. The Morgan fingerprint density at radius 2 is 0.707 bits per heavy atom. The Kier molecular flexibility index (Phi) is 18.0. The van der Waals surface area contributed by atoms with Crippen molar-refractivity contribution in [2.45, 2.75) is 176 Å². The molecule has 0 saturated carbocycles. The van der Waals surface area contributed by atoms with E-state index in [0.29, 0.717) is 0 Å². The van der Waals surface area contributed by atoms with Crippen LogP contribution in [0.25, 0.3) is 78.9 Å². The maximum Gasteiger partial charge on any atom is 0.0159 e. The van der Waals surface area contributed by atoms with Crippen LogP contribution >= 0.6 is 0 Å². The van der Waals surface area contributed by atoms with Crippen molar-refractivity contribution in [3.8, 4) is 66.8 Å². The SMILES string of the molecule is CC1=CC=CCC1.CC1=CCCC=C1.CC1=CCCC=C1.CC1CC=CCC1.Cc1ccc(-c2ccc3c(c2)C(C)(C)c2cc4c(cc2-3)C(C)(C)c2cc(/C=C/c3ccc5c(c3)C(C)(C)c3cc6c(cc3-5)C(C)(C)c3cc(-c5ccc(C)cc5)ccc3-6)ccc2-4)cc1. The van der Waals surface area contributed by atoms with Crippen molar-refractivity contribution in [2.24, 2.45) is 5.92 Å². The first-order valence-corrected chi connectivity index (χ1v) is 34.5. The van der Waals surface area contributed by atoms with E-state index in [2.05, 4.69) is 322 Å². The van der Waals surface area contributed by atoms with Gasteiger partial charge in [0, 0.05) is 21.7 Å². The molecule has 0 N–H and O–H groups in total. The van der Waals surface area contributed by atoms with Crippen molar-refractivity contribution in [1.29, 1.82) is 0 Å². The van der Waals surface area contributed by atoms with Crippen LogP contribution in [0.3, 0.4) is 0 Å². The molecule has 8 aliphatic rings. The highest BCUT2D eigenvalue weighted by atomic mass is 14.5. The highest BCUT2D eigenvalue weighted by Crippen LogP contribution is 2.59. The summed E-state index contributed by atoms with van der Waals surface area (Å²) in [6.07, 6.45) is 40.5. The third kappa shape index (κ3) is 12.7. The van der Waals surface area contributed by atoms with Crippen LogP contribution in [0.15, 0.2) is 229 Å². The van der Waals surface area contributed by atoms with Gasteiger partial charge in [-0.25, -0.2) is 0 Å². The number of benzene rings is 8. The van der Waals surface area contributed by atoms with Gasteiger partial charge in [0.15, 0.2) is 0 Å². The largest absolute Gasteiger partial charge is 0.0885 e. The molecule has 0 aromatic heterocycles. The zero-order chi connectivity index (χ0) is 64.7. The first kappa shape index (κ1) is 63.8. The van der Waals surface area contributed by atoms with E-state index >= 15 is 0 Å². The number of hydrogen-bond donors (Lipinski definition) is 0. The van der Waals surface area contributed by atoms with E-state index in [9.17, 15) is 0 Å². The lowest BCUT2D eigenvalue weighted by molar-refractivity contribution is 0.527. The van der Waals surface area contributed by atoms with E-state index < -0.39 is 0 Å². The highest BCUT2D eigenvalue weighted by molar-refractivity contribution is 5.93. The minimum absolute atomic E-state index is 0.0868. The van der Waals surface area contributed by atoms with Crippen molar-refractivity contribution in [1.82, 2.24) is 0 Å². The molecule has 0 aliphatic heterocycles. The zero-order valence-corrected chi connectivity index (χ0v) is 57.8. The molecule has 0 spiro atoms. The van der Waals surface area contributed by atoms with E-state index in [0.717, 1.165) is 5.92 Å². The molecular formula is C92H98. The van der Waals surface area contributed by atoms with E-state index in [-0.39, 0.29) is 21.7 Å². The third-order valence-corrected chi connectivity index (χ3v) is 21.3. The van der Waals surface area contributed by atoms with Crippen LogP contribution < -0.4 is 0 Å². The lowest BCUT2D eigenvalue weighted by atomic mass is 9.79. The minimum Gasteiger partial charge on any atom is -0.0885 e. The van der Waals surface area contributed by atoms with Crippen molar-refractivity contribution in [2.75, 3.05) is 0 Å². The first-order valence-electron chi connectivity index (χ1n) is 34.5. The fraction of sp³-hybridized carbons (Fsp3) is 0.304. The van der Waals surface area contributed by atoms with Crippen LogP contribution in [-0.4, -0.2) is 0 Å². The summed E-state index contributed by atoms with van der Waals surface area (Å²) < 4.78 is 0. The van der Waals surface area contributed by atoms with Gasteiger partial charge in [-0.15, -0.1) is 0 Å². The summed E-state index contributed by atoms with van der Waals surface area (Å²) in [7, 11) is 0. The van der Waals surface area contributed by atoms with E-state index in [4.69, 9.17) is 0 Å². The second-order valence-electron chi connectivity index (χ2n) is 29.8. The fourth-order valence-electron chi connectivity index (χ4n) is 15.4. The number of allylic oxidation sites excluding steroid dienone is 14. The molecule has 0 heteroatoms. The highest BCUT2D eigenvalue weighted by Gasteiger charge is 2.44. The van der Waals surface area contributed by atoms with Crippen LogP contribution in [-0.2, 0) is 21.7 Å². The molecular weight excluding hydrogens is 1110 g/mol. The van der Waals surface area contributed by atoms with E-state index in [1.807, 2.05) is 0 Å². The van der Waals surface area contributed by atoms with Gasteiger partial charge in [0.2, 0.25) is 0 Å². The second kappa shape index (κ2) is 26.0. The van der Waals surface area contributed by atoms with Gasteiger partial charge >= 0.3 is 0 Å². The number of fused-ring (bicyclic) bond motifs is 12. The average molecular weight is 1200 g/mol. The Morgan fingerprint density at radius 1 is 0.337 bits per heavy atom. The molecule has 92 heavy (non-hydrogen) atoms. The van der Waals surface area contributed by atoms with Crippen LogP contribution in [0.1, 0.15) is 208 Å². The van der Waals surface area contributed by atoms with Gasteiger partial charge < -0.3 is 0 Å². The number of hydrogen-bond acceptors (Lipinski definition) is 0. The predicted octanol–water partition coefficient (Wildman–Crippen LogP) is 26.2. The summed E-state index contributed by atoms with van der Waals surface area (Å²) in [4.78, 5) is 0. The fourth-order valence-corrected chi connectivity index (χ4v) is 15.4. The predicted molar refractivity (Wildman–Crippen MR) is 401 cm³/mol. The van der Waals surface area contributed by atoms with Crippen molar-refractivity contribution >= 4 is 12.2 Å². The molecule has 1 atom stereocenters. The van der Waals surface area contributed by atoms with E-state index in [1.54, 1.807) is 0 Å². The minimum atomic E-state index is -0.111. The van der Waals surface area contributed by atoms with Crippen molar-refractivity contribution in [3.05, 3.63) is 296 Å². The van der Waals surface area contributed by atoms with Crippen LogP contribution in [0.5, 0.6) is 0 Å². The Bertz CT molecular complexity index is 4120. The molecule has 16 rings (SSSR count). The number of rotatable bonds is 4. The summed E-state index contributed by atoms with van der Waals surface area (Å²) in [6, 6.07) is 56.5. The van der Waals surface area contributed by atoms with Gasteiger partial charge in [0.1, 0.15) is 0 Å². The topological polar surface area (TPSA) is 0 Å². The number of aryl methyl sites for hydroxylation is 2. The third-order valence-electron chi connectivity index (χ3n) is 21.3. The first-order chi connectivity index (χ1) is 44.1. The molecule has 0 saturated heterocycles. The molecule has 8 aromatic rings. The molecule has 1 unspecified atom stereocenters. The molecule has 0 fully saturated rings. The average Bonchev–Trinajstić information content (AvgIpc) is 1.59. The molecule has 0 heterocycles. The molecule has 8 aliphatic carbocycles. The van der Waals surface area contributed by atoms with Crippen molar-refractivity contribution < 1.29 is 0 Å². The van der Waals surface area contributed by atoms with Gasteiger partial charge in [-0.2, -0.15) is 0 Å². The summed E-state index contributed by atoms with van der Waals surface area (Å²) in [5.74, 6) is 0.949. The second-order valence-corrected chi connectivity index (χ2v) is 29.8. The molecule has 0 amide bonds. The van der Waals surface area contributed by atoms with Crippen LogP contribution in [0, 0.1) is 19.8 Å². The smallest absolute Gasteiger partial charge is 0.0159 e. The summed E-state index contributed by atoms with van der Waals surface area (Å²) in [6.45, 7) is 32.3. The molecule has 0 radical (unpaired) electrons. The molecule has 466 valence electrons.